The van der Waals surface area contributed by atoms with Crippen molar-refractivity contribution in [3.8, 4) is 0 Å². The van der Waals surface area contributed by atoms with Gasteiger partial charge in [-0.2, -0.15) is 0 Å². The Morgan fingerprint density at radius 2 is 1.79 bits per heavy atom. The van der Waals surface area contributed by atoms with E-state index in [9.17, 15) is 4.79 Å². The van der Waals surface area contributed by atoms with Crippen molar-refractivity contribution in [2.24, 2.45) is 5.92 Å². The van der Waals surface area contributed by atoms with Gasteiger partial charge in [-0.05, 0) is 51.7 Å². The van der Waals surface area contributed by atoms with Crippen molar-refractivity contribution in [2.75, 3.05) is 32.7 Å². The molecule has 3 heteroatoms. The molecule has 0 saturated carbocycles. The van der Waals surface area contributed by atoms with Gasteiger partial charge in [-0.3, -0.25) is 4.79 Å². The van der Waals surface area contributed by atoms with Crippen LogP contribution < -0.4 is 0 Å². The van der Waals surface area contributed by atoms with Crippen molar-refractivity contribution in [2.45, 2.75) is 60.3 Å². The third-order valence-electron chi connectivity index (χ3n) is 3.82. The molecule has 1 heterocycles. The Morgan fingerprint density at radius 3 is 2.26 bits per heavy atom. The zero-order valence-corrected chi connectivity index (χ0v) is 13.7. The first-order chi connectivity index (χ1) is 9.17. The molecule has 0 atom stereocenters. The van der Waals surface area contributed by atoms with Crippen molar-refractivity contribution in [3.05, 3.63) is 0 Å². The highest BCUT2D eigenvalue weighted by Crippen LogP contribution is 2.15. The van der Waals surface area contributed by atoms with E-state index in [1.165, 1.54) is 25.9 Å². The lowest BCUT2D eigenvalue weighted by Gasteiger charge is -2.31. The number of hydrogen-bond donors (Lipinski definition) is 0. The zero-order valence-electron chi connectivity index (χ0n) is 13.7. The van der Waals surface area contributed by atoms with Crippen LogP contribution in [0.5, 0.6) is 0 Å². The Balaban J connectivity index is 0.00000154. The Kier molecular flexibility index (Phi) is 10.9. The number of rotatable bonds is 6. The molecule has 0 bridgehead atoms. The van der Waals surface area contributed by atoms with Gasteiger partial charge < -0.3 is 9.80 Å². The van der Waals surface area contributed by atoms with Crippen LogP contribution in [0.2, 0.25) is 0 Å². The van der Waals surface area contributed by atoms with Crippen molar-refractivity contribution >= 4 is 5.91 Å². The molecule has 1 aliphatic heterocycles. The molecule has 0 aromatic carbocycles. The van der Waals surface area contributed by atoms with Gasteiger partial charge in [0.05, 0.1) is 0 Å². The van der Waals surface area contributed by atoms with Gasteiger partial charge in [0.1, 0.15) is 0 Å². The number of nitrogens with zero attached hydrogens (tertiary/aromatic N) is 2. The molecule has 1 rings (SSSR count). The van der Waals surface area contributed by atoms with Crippen LogP contribution in [0.25, 0.3) is 0 Å². The molecule has 19 heavy (non-hydrogen) atoms. The lowest BCUT2D eigenvalue weighted by atomic mass is 9.99. The summed E-state index contributed by atoms with van der Waals surface area (Å²) in [7, 11) is 0. The third-order valence-corrected chi connectivity index (χ3v) is 3.82. The minimum absolute atomic E-state index is 0.291. The van der Waals surface area contributed by atoms with Crippen LogP contribution >= 0.6 is 0 Å². The molecule has 0 aromatic rings. The van der Waals surface area contributed by atoms with Gasteiger partial charge in [-0.1, -0.05) is 27.7 Å². The second-order valence-corrected chi connectivity index (χ2v) is 5.20. The number of piperidine rings is 1. The number of likely N-dealkylation sites (tertiary alicyclic amines) is 1. The summed E-state index contributed by atoms with van der Waals surface area (Å²) in [6.07, 6.45) is 4.43. The lowest BCUT2D eigenvalue weighted by molar-refractivity contribution is -0.130. The maximum atomic E-state index is 11.6. The Morgan fingerprint density at radius 1 is 1.21 bits per heavy atom. The van der Waals surface area contributed by atoms with Gasteiger partial charge in [-0.25, -0.2) is 0 Å². The SMILES string of the molecule is CC.CCC(=O)N(CC)CCCN1CCC(C)CC1. The van der Waals surface area contributed by atoms with Gasteiger partial charge in [0.15, 0.2) is 0 Å². The summed E-state index contributed by atoms with van der Waals surface area (Å²) in [6, 6.07) is 0. The van der Waals surface area contributed by atoms with Crippen molar-refractivity contribution in [1.29, 1.82) is 0 Å². The van der Waals surface area contributed by atoms with Gasteiger partial charge in [0.25, 0.3) is 0 Å². The van der Waals surface area contributed by atoms with Crippen LogP contribution in [0.1, 0.15) is 60.3 Å². The highest BCUT2D eigenvalue weighted by molar-refractivity contribution is 5.75. The molecule has 0 aliphatic carbocycles. The van der Waals surface area contributed by atoms with E-state index in [4.69, 9.17) is 0 Å². The van der Waals surface area contributed by atoms with E-state index in [1.54, 1.807) is 0 Å². The van der Waals surface area contributed by atoms with E-state index >= 15 is 0 Å². The fraction of sp³-hybridized carbons (Fsp3) is 0.938. The Bertz CT molecular complexity index is 223. The molecular formula is C16H34N2O. The normalized spacial score (nSPS) is 16.7. The van der Waals surface area contributed by atoms with Gasteiger partial charge >= 0.3 is 0 Å². The van der Waals surface area contributed by atoms with Crippen molar-refractivity contribution in [3.63, 3.8) is 0 Å². The largest absolute Gasteiger partial charge is 0.343 e. The predicted octanol–water partition coefficient (Wildman–Crippen LogP) is 3.39. The third kappa shape index (κ3) is 7.56. The van der Waals surface area contributed by atoms with Crippen molar-refractivity contribution < 1.29 is 4.79 Å². The summed E-state index contributed by atoms with van der Waals surface area (Å²) in [5.41, 5.74) is 0. The summed E-state index contributed by atoms with van der Waals surface area (Å²) < 4.78 is 0. The summed E-state index contributed by atoms with van der Waals surface area (Å²) in [4.78, 5) is 16.1. The Labute approximate surface area is 120 Å². The minimum Gasteiger partial charge on any atom is -0.343 e. The number of carbonyl (C=O) groups is 1. The number of carbonyl (C=O) groups excluding carboxylic acids is 1. The molecule has 1 amide bonds. The summed E-state index contributed by atoms with van der Waals surface area (Å²) in [5.74, 6) is 1.19. The first-order valence-electron chi connectivity index (χ1n) is 8.17. The molecule has 1 saturated heterocycles. The van der Waals surface area contributed by atoms with Crippen LogP contribution in [-0.4, -0.2) is 48.4 Å². The van der Waals surface area contributed by atoms with Crippen LogP contribution in [0.3, 0.4) is 0 Å². The number of amides is 1. The number of hydrogen-bond acceptors (Lipinski definition) is 2. The molecule has 0 N–H and O–H groups in total. The fourth-order valence-corrected chi connectivity index (χ4v) is 2.45. The monoisotopic (exact) mass is 270 g/mol. The van der Waals surface area contributed by atoms with Gasteiger partial charge in [0, 0.05) is 19.5 Å². The molecule has 1 aliphatic rings. The zero-order chi connectivity index (χ0) is 14.7. The van der Waals surface area contributed by atoms with Crippen LogP contribution in [0, 0.1) is 5.92 Å². The topological polar surface area (TPSA) is 23.6 Å². The molecule has 0 unspecified atom stereocenters. The Hall–Kier alpha value is -0.570. The molecule has 1 fully saturated rings. The highest BCUT2D eigenvalue weighted by atomic mass is 16.2. The quantitative estimate of drug-likeness (QED) is 0.738. The maximum Gasteiger partial charge on any atom is 0.222 e. The van der Waals surface area contributed by atoms with Crippen molar-refractivity contribution in [1.82, 2.24) is 9.80 Å². The van der Waals surface area contributed by atoms with E-state index in [0.29, 0.717) is 12.3 Å². The molecular weight excluding hydrogens is 236 g/mol. The average molecular weight is 270 g/mol. The maximum absolute atomic E-state index is 11.6. The predicted molar refractivity (Wildman–Crippen MR) is 83.3 cm³/mol. The summed E-state index contributed by atoms with van der Waals surface area (Å²) in [6.45, 7) is 15.8. The molecule has 0 radical (unpaired) electrons. The average Bonchev–Trinajstić information content (AvgIpc) is 2.47. The highest BCUT2D eigenvalue weighted by Gasteiger charge is 2.15. The smallest absolute Gasteiger partial charge is 0.222 e. The first kappa shape index (κ1) is 18.4. The standard InChI is InChI=1S/C14H28N2O.C2H6/c1-4-14(17)16(5-2)10-6-9-15-11-7-13(3)8-12-15;1-2/h13H,4-12H2,1-3H3;1-2H3. The fourth-order valence-electron chi connectivity index (χ4n) is 2.45. The second-order valence-electron chi connectivity index (χ2n) is 5.20. The molecule has 114 valence electrons. The van der Waals surface area contributed by atoms with Gasteiger partial charge in [-0.15, -0.1) is 0 Å². The first-order valence-corrected chi connectivity index (χ1v) is 8.17. The van der Waals surface area contributed by atoms with E-state index in [2.05, 4.69) is 18.7 Å². The molecule has 0 spiro atoms. The van der Waals surface area contributed by atoms with Crippen LogP contribution in [0.4, 0.5) is 0 Å². The minimum atomic E-state index is 0.291. The lowest BCUT2D eigenvalue weighted by Crippen LogP contribution is -2.37. The molecule has 3 nitrogen and oxygen atoms in total. The van der Waals surface area contributed by atoms with E-state index in [-0.39, 0.29) is 0 Å². The summed E-state index contributed by atoms with van der Waals surface area (Å²) in [5, 5.41) is 0. The second kappa shape index (κ2) is 11.3. The van der Waals surface area contributed by atoms with Gasteiger partial charge in [0.2, 0.25) is 5.91 Å². The van der Waals surface area contributed by atoms with Crippen LogP contribution in [-0.2, 0) is 4.79 Å². The van der Waals surface area contributed by atoms with Crippen LogP contribution in [0.15, 0.2) is 0 Å². The van der Waals surface area contributed by atoms with E-state index < -0.39 is 0 Å². The van der Waals surface area contributed by atoms with E-state index in [0.717, 1.165) is 32.0 Å². The van der Waals surface area contributed by atoms with E-state index in [1.807, 2.05) is 25.7 Å². The summed E-state index contributed by atoms with van der Waals surface area (Å²) >= 11 is 0. The molecule has 0 aromatic heterocycles.